The number of benzene rings is 2. The predicted molar refractivity (Wildman–Crippen MR) is 74.6 cm³/mol. The molecule has 2 aromatic carbocycles. The number of nitrogens with one attached hydrogen (secondary N) is 2. The molecule has 0 heterocycles. The van der Waals surface area contributed by atoms with Gasteiger partial charge in [0.2, 0.25) is 0 Å². The van der Waals surface area contributed by atoms with E-state index >= 15 is 0 Å². The molecule has 0 spiro atoms. The van der Waals surface area contributed by atoms with E-state index in [9.17, 15) is 9.18 Å². The Morgan fingerprint density at radius 2 is 1.89 bits per heavy atom. The van der Waals surface area contributed by atoms with E-state index in [0.717, 1.165) is 5.56 Å². The van der Waals surface area contributed by atoms with Gasteiger partial charge in [-0.15, -0.1) is 0 Å². The maximum atomic E-state index is 13.3. The number of nitrogen functional groups attached to an aromatic ring is 1. The number of hydrogen-bond donors (Lipinski definition) is 3. The molecule has 0 atom stereocenters. The van der Waals surface area contributed by atoms with Gasteiger partial charge in [-0.2, -0.15) is 0 Å². The zero-order valence-corrected chi connectivity index (χ0v) is 10.4. The molecule has 0 fully saturated rings. The van der Waals surface area contributed by atoms with Crippen LogP contribution in [0.3, 0.4) is 0 Å². The van der Waals surface area contributed by atoms with Gasteiger partial charge in [-0.25, -0.2) is 9.18 Å². The molecule has 19 heavy (non-hydrogen) atoms. The zero-order chi connectivity index (χ0) is 13.8. The lowest BCUT2D eigenvalue weighted by Gasteiger charge is -2.09. The fraction of sp³-hybridized carbons (Fsp3) is 0.0714. The predicted octanol–water partition coefficient (Wildman–Crippen LogP) is 3.36. The van der Waals surface area contributed by atoms with Crippen molar-refractivity contribution in [3.8, 4) is 0 Å². The number of aryl methyl sites for hydroxylation is 1. The summed E-state index contributed by atoms with van der Waals surface area (Å²) in [5.41, 5.74) is 7.94. The number of rotatable bonds is 2. The molecule has 2 aromatic rings. The summed E-state index contributed by atoms with van der Waals surface area (Å²) < 4.78 is 13.3. The van der Waals surface area contributed by atoms with Gasteiger partial charge in [-0.05, 0) is 36.8 Å². The molecular formula is C14H14FN3O. The highest BCUT2D eigenvalue weighted by Gasteiger charge is 2.06. The number of para-hydroxylation sites is 1. The Balaban J connectivity index is 2.05. The number of nitrogens with two attached hydrogens (primary N) is 1. The van der Waals surface area contributed by atoms with E-state index in [1.54, 1.807) is 30.3 Å². The van der Waals surface area contributed by atoms with Crippen molar-refractivity contribution in [3.63, 3.8) is 0 Å². The summed E-state index contributed by atoms with van der Waals surface area (Å²) in [5.74, 6) is -0.485. The van der Waals surface area contributed by atoms with E-state index in [4.69, 9.17) is 5.73 Å². The first-order valence-corrected chi connectivity index (χ1v) is 5.75. The van der Waals surface area contributed by atoms with Crippen LogP contribution in [0.25, 0.3) is 0 Å². The SMILES string of the molecule is Cc1ccc(NC(=O)Nc2ccccc2F)cc1N. The standard InChI is InChI=1S/C14H14FN3O/c1-9-6-7-10(8-12(9)16)17-14(19)18-13-5-3-2-4-11(13)15/h2-8H,16H2,1H3,(H2,17,18,19). The van der Waals surface area contributed by atoms with Crippen LogP contribution in [0.1, 0.15) is 5.56 Å². The highest BCUT2D eigenvalue weighted by atomic mass is 19.1. The molecule has 98 valence electrons. The van der Waals surface area contributed by atoms with Crippen molar-refractivity contribution in [2.75, 3.05) is 16.4 Å². The van der Waals surface area contributed by atoms with Gasteiger partial charge in [0.15, 0.2) is 0 Å². The number of carbonyl (C=O) groups excluding carboxylic acids is 1. The minimum absolute atomic E-state index is 0.125. The van der Waals surface area contributed by atoms with Crippen LogP contribution in [0.15, 0.2) is 42.5 Å². The molecule has 4 N–H and O–H groups in total. The summed E-state index contributed by atoms with van der Waals surface area (Å²) in [6.45, 7) is 1.87. The number of urea groups is 1. The Kier molecular flexibility index (Phi) is 3.66. The number of halogens is 1. The van der Waals surface area contributed by atoms with Gasteiger partial charge in [-0.1, -0.05) is 18.2 Å². The van der Waals surface area contributed by atoms with Gasteiger partial charge in [0.05, 0.1) is 5.69 Å². The van der Waals surface area contributed by atoms with Crippen LogP contribution in [0, 0.1) is 12.7 Å². The zero-order valence-electron chi connectivity index (χ0n) is 10.4. The van der Waals surface area contributed by atoms with Gasteiger partial charge in [-0.3, -0.25) is 0 Å². The van der Waals surface area contributed by atoms with Crippen LogP contribution in [0.2, 0.25) is 0 Å². The topological polar surface area (TPSA) is 67.2 Å². The first-order valence-electron chi connectivity index (χ1n) is 5.75. The lowest BCUT2D eigenvalue weighted by molar-refractivity contribution is 0.262. The molecule has 4 nitrogen and oxygen atoms in total. The Hall–Kier alpha value is -2.56. The van der Waals surface area contributed by atoms with Crippen LogP contribution in [0.5, 0.6) is 0 Å². The second kappa shape index (κ2) is 5.39. The van der Waals surface area contributed by atoms with Crippen LogP contribution in [0.4, 0.5) is 26.2 Å². The van der Waals surface area contributed by atoms with Gasteiger partial charge < -0.3 is 16.4 Å². The quantitative estimate of drug-likeness (QED) is 0.724. The van der Waals surface area contributed by atoms with Crippen LogP contribution >= 0.6 is 0 Å². The Morgan fingerprint density at radius 3 is 2.58 bits per heavy atom. The average Bonchev–Trinajstić information content (AvgIpc) is 2.37. The molecule has 0 saturated heterocycles. The molecule has 0 bridgehead atoms. The smallest absolute Gasteiger partial charge is 0.323 e. The van der Waals surface area contributed by atoms with Crippen molar-refractivity contribution in [1.82, 2.24) is 0 Å². The highest BCUT2D eigenvalue weighted by molar-refractivity contribution is 6.00. The molecule has 2 amide bonds. The van der Waals surface area contributed by atoms with E-state index in [0.29, 0.717) is 11.4 Å². The average molecular weight is 259 g/mol. The van der Waals surface area contributed by atoms with Gasteiger partial charge in [0.1, 0.15) is 5.82 Å². The van der Waals surface area contributed by atoms with Crippen molar-refractivity contribution < 1.29 is 9.18 Å². The van der Waals surface area contributed by atoms with Gasteiger partial charge in [0.25, 0.3) is 0 Å². The maximum absolute atomic E-state index is 13.3. The van der Waals surface area contributed by atoms with E-state index in [-0.39, 0.29) is 5.69 Å². The summed E-state index contributed by atoms with van der Waals surface area (Å²) in [6.07, 6.45) is 0. The third kappa shape index (κ3) is 3.22. The largest absolute Gasteiger partial charge is 0.398 e. The molecule has 0 aliphatic heterocycles. The van der Waals surface area contributed by atoms with Crippen molar-refractivity contribution >= 4 is 23.1 Å². The molecule has 2 rings (SSSR count). The fourth-order valence-electron chi connectivity index (χ4n) is 1.57. The van der Waals surface area contributed by atoms with Crippen molar-refractivity contribution in [2.24, 2.45) is 0 Å². The molecule has 0 saturated carbocycles. The number of anilines is 3. The summed E-state index contributed by atoms with van der Waals surface area (Å²) in [5, 5.41) is 5.02. The summed E-state index contributed by atoms with van der Waals surface area (Å²) >= 11 is 0. The highest BCUT2D eigenvalue weighted by Crippen LogP contribution is 2.18. The van der Waals surface area contributed by atoms with Crippen LogP contribution in [-0.4, -0.2) is 6.03 Å². The molecule has 0 aliphatic carbocycles. The number of carbonyl (C=O) groups is 1. The minimum Gasteiger partial charge on any atom is -0.398 e. The Labute approximate surface area is 110 Å². The van der Waals surface area contributed by atoms with Crippen LogP contribution < -0.4 is 16.4 Å². The van der Waals surface area contributed by atoms with Gasteiger partial charge >= 0.3 is 6.03 Å². The first kappa shape index (κ1) is 12.9. The lowest BCUT2D eigenvalue weighted by Crippen LogP contribution is -2.20. The second-order valence-electron chi connectivity index (χ2n) is 4.13. The van der Waals surface area contributed by atoms with Crippen LogP contribution in [-0.2, 0) is 0 Å². The monoisotopic (exact) mass is 259 g/mol. The molecule has 0 unspecified atom stereocenters. The second-order valence-corrected chi connectivity index (χ2v) is 4.13. The normalized spacial score (nSPS) is 10.0. The fourth-order valence-corrected chi connectivity index (χ4v) is 1.57. The third-order valence-corrected chi connectivity index (χ3v) is 2.66. The van der Waals surface area contributed by atoms with E-state index in [1.807, 2.05) is 6.92 Å². The molecule has 5 heteroatoms. The molecule has 0 aromatic heterocycles. The van der Waals surface area contributed by atoms with E-state index in [1.165, 1.54) is 12.1 Å². The third-order valence-electron chi connectivity index (χ3n) is 2.66. The summed E-state index contributed by atoms with van der Waals surface area (Å²) in [6, 6.07) is 10.6. The minimum atomic E-state index is -0.520. The lowest BCUT2D eigenvalue weighted by atomic mass is 10.2. The Bertz CT molecular complexity index is 613. The molecule has 0 radical (unpaired) electrons. The van der Waals surface area contributed by atoms with Crippen molar-refractivity contribution in [1.29, 1.82) is 0 Å². The van der Waals surface area contributed by atoms with Crippen molar-refractivity contribution in [2.45, 2.75) is 6.92 Å². The number of amides is 2. The summed E-state index contributed by atoms with van der Waals surface area (Å²) in [7, 11) is 0. The maximum Gasteiger partial charge on any atom is 0.323 e. The van der Waals surface area contributed by atoms with Gasteiger partial charge in [0, 0.05) is 11.4 Å². The number of hydrogen-bond acceptors (Lipinski definition) is 2. The summed E-state index contributed by atoms with van der Waals surface area (Å²) in [4.78, 5) is 11.7. The molecule has 0 aliphatic rings. The van der Waals surface area contributed by atoms with E-state index < -0.39 is 11.8 Å². The van der Waals surface area contributed by atoms with E-state index in [2.05, 4.69) is 10.6 Å². The van der Waals surface area contributed by atoms with Crippen molar-refractivity contribution in [3.05, 3.63) is 53.8 Å². The first-order chi connectivity index (χ1) is 9.06. The Morgan fingerprint density at radius 1 is 1.16 bits per heavy atom. The molecular weight excluding hydrogens is 245 g/mol.